The zero-order valence-corrected chi connectivity index (χ0v) is 27.3. The van der Waals surface area contributed by atoms with E-state index in [1.165, 1.54) is 0 Å². The molecule has 11 nitrogen and oxygen atoms in total. The molecule has 0 aliphatic carbocycles. The summed E-state index contributed by atoms with van der Waals surface area (Å²) >= 11 is 0. The average Bonchev–Trinajstić information content (AvgIpc) is 3.74. The molecule has 11 heteroatoms. The topological polar surface area (TPSA) is 123 Å². The Labute approximate surface area is 271 Å². The molecule has 0 radical (unpaired) electrons. The van der Waals surface area contributed by atoms with Crippen molar-refractivity contribution in [2.75, 3.05) is 60.2 Å². The maximum atomic E-state index is 13.9. The summed E-state index contributed by atoms with van der Waals surface area (Å²) in [6.07, 6.45) is 4.18. The van der Waals surface area contributed by atoms with E-state index in [0.717, 1.165) is 43.4 Å². The molecular weight excluding hydrogens is 588 g/mol. The number of benzene rings is 2. The Kier molecular flexibility index (Phi) is 11.2. The third-order valence-electron chi connectivity index (χ3n) is 9.55. The van der Waals surface area contributed by atoms with Crippen LogP contribution in [-0.4, -0.2) is 114 Å². The summed E-state index contributed by atoms with van der Waals surface area (Å²) in [4.78, 5) is 48.0. The van der Waals surface area contributed by atoms with Gasteiger partial charge in [-0.15, -0.1) is 0 Å². The number of carbonyl (C=O) groups is 3. The minimum Gasteiger partial charge on any atom is -0.481 e. The summed E-state index contributed by atoms with van der Waals surface area (Å²) in [5, 5.41) is 20.7. The van der Waals surface area contributed by atoms with Gasteiger partial charge in [0.15, 0.2) is 11.5 Å². The first-order chi connectivity index (χ1) is 22.2. The fourth-order valence-corrected chi connectivity index (χ4v) is 7.13. The average molecular weight is 637 g/mol. The van der Waals surface area contributed by atoms with Gasteiger partial charge >= 0.3 is 5.97 Å². The van der Waals surface area contributed by atoms with Gasteiger partial charge in [-0.05, 0) is 75.6 Å². The Morgan fingerprint density at radius 3 is 2.52 bits per heavy atom. The summed E-state index contributed by atoms with van der Waals surface area (Å²) in [7, 11) is 4.09. The Balaban J connectivity index is 1.39. The first kappa shape index (κ1) is 33.7. The summed E-state index contributed by atoms with van der Waals surface area (Å²) in [5.74, 6) is -1.32. The van der Waals surface area contributed by atoms with Crippen molar-refractivity contribution in [2.45, 2.75) is 64.1 Å². The Morgan fingerprint density at radius 2 is 1.80 bits per heavy atom. The number of aliphatic carboxylic acids is 1. The van der Waals surface area contributed by atoms with Gasteiger partial charge in [-0.3, -0.25) is 19.3 Å². The molecule has 2 aromatic carbocycles. The lowest BCUT2D eigenvalue weighted by Gasteiger charge is -2.31. The number of carboxylic acid groups (broad SMARTS) is 1. The molecule has 0 unspecified atom stereocenters. The number of likely N-dealkylation sites (tertiary alicyclic amines) is 1. The Hall–Kier alpha value is -3.67. The number of carboxylic acids is 1. The molecule has 3 aliphatic heterocycles. The van der Waals surface area contributed by atoms with E-state index in [1.807, 2.05) is 54.2 Å². The van der Waals surface area contributed by atoms with E-state index in [2.05, 4.69) is 11.8 Å². The molecular formula is C35H48N4O7. The van der Waals surface area contributed by atoms with E-state index in [-0.39, 0.29) is 31.8 Å². The molecule has 0 saturated carbocycles. The molecule has 2 amide bonds. The van der Waals surface area contributed by atoms with E-state index in [9.17, 15) is 24.6 Å². The molecule has 3 heterocycles. The lowest BCUT2D eigenvalue weighted by atomic mass is 9.83. The second kappa shape index (κ2) is 15.3. The van der Waals surface area contributed by atoms with E-state index in [1.54, 1.807) is 11.0 Å². The number of amides is 2. The van der Waals surface area contributed by atoms with Gasteiger partial charge in [0.1, 0.15) is 0 Å². The van der Waals surface area contributed by atoms with Crippen LogP contribution in [0.1, 0.15) is 72.0 Å². The van der Waals surface area contributed by atoms with Gasteiger partial charge in [-0.25, -0.2) is 0 Å². The molecule has 5 rings (SSSR count). The van der Waals surface area contributed by atoms with Crippen LogP contribution in [-0.2, 0) is 22.7 Å². The van der Waals surface area contributed by atoms with Crippen LogP contribution in [0.2, 0.25) is 0 Å². The number of hydrogen-bond donors (Lipinski definition) is 2. The fraction of sp³-hybridized carbons (Fsp3) is 0.571. The van der Waals surface area contributed by atoms with Gasteiger partial charge in [-0.2, -0.15) is 0 Å². The molecule has 3 aliphatic rings. The van der Waals surface area contributed by atoms with Gasteiger partial charge in [0.05, 0.1) is 19.1 Å². The van der Waals surface area contributed by atoms with Crippen molar-refractivity contribution in [3.8, 4) is 11.5 Å². The molecule has 0 spiro atoms. The molecule has 46 heavy (non-hydrogen) atoms. The SMILES string of the molecule is CCCCN(CCCCN(C)C)C(=O)CN1C[C@H](c2cc(CO)c3c(c2)OCO3)[C@@H](C(=O)O)[C@@H]1CCN1Cc2ccccc2C1=O. The van der Waals surface area contributed by atoms with Crippen molar-refractivity contribution < 1.29 is 34.1 Å². The quantitative estimate of drug-likeness (QED) is 0.267. The van der Waals surface area contributed by atoms with Crippen LogP contribution in [0.25, 0.3) is 0 Å². The van der Waals surface area contributed by atoms with Gasteiger partial charge in [-0.1, -0.05) is 31.5 Å². The van der Waals surface area contributed by atoms with E-state index in [4.69, 9.17) is 9.47 Å². The first-order valence-corrected chi connectivity index (χ1v) is 16.5. The van der Waals surface area contributed by atoms with Gasteiger partial charge in [0, 0.05) is 55.8 Å². The molecule has 1 saturated heterocycles. The Morgan fingerprint density at radius 1 is 1.04 bits per heavy atom. The van der Waals surface area contributed by atoms with Crippen LogP contribution >= 0.6 is 0 Å². The van der Waals surface area contributed by atoms with Crippen molar-refractivity contribution >= 4 is 17.8 Å². The van der Waals surface area contributed by atoms with Crippen molar-refractivity contribution in [3.63, 3.8) is 0 Å². The number of carbonyl (C=O) groups excluding carboxylic acids is 2. The van der Waals surface area contributed by atoms with Crippen molar-refractivity contribution in [1.29, 1.82) is 0 Å². The van der Waals surface area contributed by atoms with Gasteiger partial charge in [0.2, 0.25) is 12.7 Å². The van der Waals surface area contributed by atoms with Gasteiger partial charge in [0.25, 0.3) is 5.91 Å². The first-order valence-electron chi connectivity index (χ1n) is 16.5. The largest absolute Gasteiger partial charge is 0.481 e. The van der Waals surface area contributed by atoms with E-state index < -0.39 is 23.8 Å². The number of unbranched alkanes of at least 4 members (excludes halogenated alkanes) is 2. The predicted molar refractivity (Wildman–Crippen MR) is 173 cm³/mol. The zero-order chi connectivity index (χ0) is 32.8. The number of rotatable bonds is 16. The van der Waals surface area contributed by atoms with Crippen LogP contribution in [0, 0.1) is 5.92 Å². The van der Waals surface area contributed by atoms with Crippen LogP contribution in [0.3, 0.4) is 0 Å². The normalized spacial score (nSPS) is 20.5. The van der Waals surface area contributed by atoms with Crippen LogP contribution in [0.4, 0.5) is 0 Å². The Bertz CT molecular complexity index is 1400. The van der Waals surface area contributed by atoms with Crippen molar-refractivity contribution in [1.82, 2.24) is 19.6 Å². The minimum atomic E-state index is -0.948. The molecule has 2 aromatic rings. The number of aliphatic hydroxyl groups is 1. The number of aliphatic hydroxyl groups excluding tert-OH is 1. The van der Waals surface area contributed by atoms with E-state index in [0.29, 0.717) is 61.8 Å². The third kappa shape index (κ3) is 7.48. The third-order valence-corrected chi connectivity index (χ3v) is 9.55. The minimum absolute atomic E-state index is 0.000482. The highest BCUT2D eigenvalue weighted by molar-refractivity contribution is 5.98. The standard InChI is InChI=1S/C35H48N4O7/c1-4-5-14-37(15-9-8-13-36(2)3)31(41)21-39-20-28(25-17-26(22-40)33-30(18-25)45-23-46-33)32(35(43)44)29(39)12-16-38-19-24-10-6-7-11-27(24)34(38)42/h6-7,10-11,17-18,28-29,32,40H,4-5,8-9,12-16,19-23H2,1-3H3,(H,43,44)/t28-,29+,32-/m1/s1. The summed E-state index contributed by atoms with van der Waals surface area (Å²) < 4.78 is 11.2. The smallest absolute Gasteiger partial charge is 0.308 e. The highest BCUT2D eigenvalue weighted by atomic mass is 16.7. The number of ether oxygens (including phenoxy) is 2. The van der Waals surface area contributed by atoms with Crippen molar-refractivity contribution in [2.24, 2.45) is 5.92 Å². The molecule has 3 atom stereocenters. The number of fused-ring (bicyclic) bond motifs is 2. The summed E-state index contributed by atoms with van der Waals surface area (Å²) in [5.41, 5.74) is 2.93. The molecule has 0 aromatic heterocycles. The van der Waals surface area contributed by atoms with Crippen LogP contribution in [0.15, 0.2) is 36.4 Å². The van der Waals surface area contributed by atoms with Crippen LogP contribution in [0.5, 0.6) is 11.5 Å². The highest BCUT2D eigenvalue weighted by Gasteiger charge is 2.48. The fourth-order valence-electron chi connectivity index (χ4n) is 7.13. The maximum absolute atomic E-state index is 13.9. The molecule has 2 N–H and O–H groups in total. The van der Waals surface area contributed by atoms with E-state index >= 15 is 0 Å². The molecule has 1 fully saturated rings. The monoisotopic (exact) mass is 636 g/mol. The van der Waals surface area contributed by atoms with Crippen molar-refractivity contribution in [3.05, 3.63) is 58.7 Å². The van der Waals surface area contributed by atoms with Crippen LogP contribution < -0.4 is 9.47 Å². The lowest BCUT2D eigenvalue weighted by Crippen LogP contribution is -2.45. The zero-order valence-electron chi connectivity index (χ0n) is 27.3. The molecule has 0 bridgehead atoms. The summed E-state index contributed by atoms with van der Waals surface area (Å²) in [6.45, 7) is 5.50. The maximum Gasteiger partial charge on any atom is 0.308 e. The highest BCUT2D eigenvalue weighted by Crippen LogP contribution is 2.44. The predicted octanol–water partition coefficient (Wildman–Crippen LogP) is 3.39. The number of nitrogens with zero attached hydrogens (tertiary/aromatic N) is 4. The lowest BCUT2D eigenvalue weighted by molar-refractivity contribution is -0.144. The second-order valence-electron chi connectivity index (χ2n) is 13.0. The number of hydrogen-bond acceptors (Lipinski definition) is 8. The summed E-state index contributed by atoms with van der Waals surface area (Å²) in [6, 6.07) is 10.7. The molecule has 250 valence electrons. The van der Waals surface area contributed by atoms with Gasteiger partial charge < -0.3 is 34.4 Å². The second-order valence-corrected chi connectivity index (χ2v) is 13.0.